The number of ketones is 1. The Labute approximate surface area is 169 Å². The zero-order valence-electron chi connectivity index (χ0n) is 15.7. The van der Waals surface area contributed by atoms with E-state index in [-0.39, 0.29) is 29.9 Å². The molecule has 0 fully saturated rings. The largest absolute Gasteiger partial charge is 0.494 e. The van der Waals surface area contributed by atoms with Crippen molar-refractivity contribution in [3.63, 3.8) is 0 Å². The van der Waals surface area contributed by atoms with Gasteiger partial charge >= 0.3 is 0 Å². The van der Waals surface area contributed by atoms with Gasteiger partial charge in [0.2, 0.25) is 5.91 Å². The summed E-state index contributed by atoms with van der Waals surface area (Å²) in [6, 6.07) is 15.3. The van der Waals surface area contributed by atoms with Crippen molar-refractivity contribution >= 4 is 23.3 Å². The lowest BCUT2D eigenvalue weighted by molar-refractivity contribution is -0.122. The van der Waals surface area contributed by atoms with E-state index >= 15 is 0 Å². The van der Waals surface area contributed by atoms with Crippen LogP contribution in [0.15, 0.2) is 59.8 Å². The van der Waals surface area contributed by atoms with Crippen LogP contribution < -0.4 is 10.1 Å². The molecule has 2 atom stereocenters. The first-order valence-corrected chi connectivity index (χ1v) is 9.98. The first kappa shape index (κ1) is 18.8. The van der Waals surface area contributed by atoms with Crippen molar-refractivity contribution in [2.24, 2.45) is 0 Å². The fourth-order valence-corrected chi connectivity index (χ4v) is 4.55. The molecule has 2 aromatic rings. The van der Waals surface area contributed by atoms with E-state index in [9.17, 15) is 9.59 Å². The molecule has 0 radical (unpaired) electrons. The number of amides is 1. The number of carbonyl (C=O) groups excluding carboxylic acids is 2. The standard InChI is InChI=1S/C23H22ClNO3/c1-2-28-16-7-5-6-14(10-16)18-13-22(27)25-20-11-15(12-21(26)23(18)20)17-8-3-4-9-19(17)24/h3-10,15,18H,2,11-13H2,1H3,(H,25,27)/t15-,18-/m0/s1. The average Bonchev–Trinajstić information content (AvgIpc) is 2.68. The zero-order chi connectivity index (χ0) is 19.7. The average molecular weight is 396 g/mol. The molecule has 4 nitrogen and oxygen atoms in total. The number of hydrogen-bond acceptors (Lipinski definition) is 3. The lowest BCUT2D eigenvalue weighted by Gasteiger charge is -2.34. The monoisotopic (exact) mass is 395 g/mol. The van der Waals surface area contributed by atoms with Gasteiger partial charge in [0.15, 0.2) is 5.78 Å². The third kappa shape index (κ3) is 3.57. The molecule has 0 bridgehead atoms. The van der Waals surface area contributed by atoms with E-state index in [1.165, 1.54) is 0 Å². The molecule has 0 saturated carbocycles. The summed E-state index contributed by atoms with van der Waals surface area (Å²) in [4.78, 5) is 25.6. The number of nitrogens with one attached hydrogen (secondary N) is 1. The van der Waals surface area contributed by atoms with E-state index in [0.717, 1.165) is 28.1 Å². The summed E-state index contributed by atoms with van der Waals surface area (Å²) >= 11 is 6.35. The number of halogens is 1. The molecule has 2 aromatic carbocycles. The van der Waals surface area contributed by atoms with E-state index < -0.39 is 0 Å². The minimum atomic E-state index is -0.233. The van der Waals surface area contributed by atoms with E-state index in [1.807, 2.05) is 55.5 Å². The van der Waals surface area contributed by atoms with E-state index in [2.05, 4.69) is 5.32 Å². The second kappa shape index (κ2) is 7.80. The Kier molecular flexibility index (Phi) is 5.23. The molecule has 1 N–H and O–H groups in total. The van der Waals surface area contributed by atoms with Gasteiger partial charge in [0.05, 0.1) is 6.61 Å². The van der Waals surface area contributed by atoms with Crippen LogP contribution in [0.3, 0.4) is 0 Å². The van der Waals surface area contributed by atoms with Crippen LogP contribution in [0.2, 0.25) is 5.02 Å². The topological polar surface area (TPSA) is 55.4 Å². The van der Waals surface area contributed by atoms with Gasteiger partial charge in [0.25, 0.3) is 0 Å². The van der Waals surface area contributed by atoms with Gasteiger partial charge in [-0.25, -0.2) is 0 Å². The second-order valence-electron chi connectivity index (χ2n) is 7.25. The summed E-state index contributed by atoms with van der Waals surface area (Å²) in [5.41, 5.74) is 3.37. The van der Waals surface area contributed by atoms with Crippen LogP contribution in [-0.4, -0.2) is 18.3 Å². The summed E-state index contributed by atoms with van der Waals surface area (Å²) in [5, 5.41) is 3.61. The van der Waals surface area contributed by atoms with Gasteiger partial charge in [-0.2, -0.15) is 0 Å². The molecule has 28 heavy (non-hydrogen) atoms. The summed E-state index contributed by atoms with van der Waals surface area (Å²) in [5.74, 6) is 0.527. The minimum Gasteiger partial charge on any atom is -0.494 e. The molecule has 0 unspecified atom stereocenters. The van der Waals surface area contributed by atoms with Gasteiger partial charge in [0.1, 0.15) is 5.75 Å². The first-order chi connectivity index (χ1) is 13.6. The molecule has 0 spiro atoms. The highest BCUT2D eigenvalue weighted by atomic mass is 35.5. The third-order valence-corrected chi connectivity index (χ3v) is 5.80. The number of Topliss-reactive ketones (excluding diaryl/α,β-unsaturated/α-hetero) is 1. The number of carbonyl (C=O) groups is 2. The van der Waals surface area contributed by atoms with Crippen LogP contribution in [0.5, 0.6) is 5.75 Å². The quantitative estimate of drug-likeness (QED) is 0.813. The minimum absolute atomic E-state index is 0.0197. The third-order valence-electron chi connectivity index (χ3n) is 5.45. The molecule has 0 saturated heterocycles. The Balaban J connectivity index is 1.71. The van der Waals surface area contributed by atoms with Crippen molar-refractivity contribution in [1.82, 2.24) is 5.32 Å². The number of hydrogen-bond donors (Lipinski definition) is 1. The van der Waals surface area contributed by atoms with Crippen molar-refractivity contribution in [2.75, 3.05) is 6.61 Å². The number of rotatable bonds is 4. The summed E-state index contributed by atoms with van der Waals surface area (Å²) in [6.07, 6.45) is 1.29. The van der Waals surface area contributed by atoms with E-state index in [1.54, 1.807) is 0 Å². The van der Waals surface area contributed by atoms with Gasteiger partial charge in [-0.15, -0.1) is 0 Å². The Morgan fingerprint density at radius 1 is 1.07 bits per heavy atom. The van der Waals surface area contributed by atoms with Gasteiger partial charge in [-0.1, -0.05) is 41.9 Å². The maximum atomic E-state index is 13.1. The molecule has 1 aliphatic heterocycles. The number of benzene rings is 2. The van der Waals surface area contributed by atoms with Crippen LogP contribution >= 0.6 is 11.6 Å². The number of allylic oxidation sites excluding steroid dienone is 2. The van der Waals surface area contributed by atoms with Gasteiger partial charge in [-0.05, 0) is 48.6 Å². The maximum Gasteiger partial charge on any atom is 0.225 e. The predicted molar refractivity (Wildman–Crippen MR) is 109 cm³/mol. The van der Waals surface area contributed by atoms with E-state index in [4.69, 9.17) is 16.3 Å². The summed E-state index contributed by atoms with van der Waals surface area (Å²) in [6.45, 7) is 2.50. The van der Waals surface area contributed by atoms with Gasteiger partial charge < -0.3 is 10.1 Å². The van der Waals surface area contributed by atoms with Gasteiger partial charge in [0, 0.05) is 35.1 Å². The van der Waals surface area contributed by atoms with Gasteiger partial charge in [-0.3, -0.25) is 9.59 Å². The highest BCUT2D eigenvalue weighted by molar-refractivity contribution is 6.31. The Morgan fingerprint density at radius 3 is 2.68 bits per heavy atom. The lowest BCUT2D eigenvalue weighted by atomic mass is 9.73. The van der Waals surface area contributed by atoms with Crippen LogP contribution in [-0.2, 0) is 9.59 Å². The van der Waals surface area contributed by atoms with Crippen LogP contribution in [0, 0.1) is 0 Å². The van der Waals surface area contributed by atoms with Crippen molar-refractivity contribution in [1.29, 1.82) is 0 Å². The molecule has 144 valence electrons. The SMILES string of the molecule is CCOc1cccc([C@@H]2CC(=O)NC3=C2C(=O)C[C@@H](c2ccccc2Cl)C3)c1. The number of ether oxygens (including phenoxy) is 1. The molecular formula is C23H22ClNO3. The Morgan fingerprint density at radius 2 is 1.89 bits per heavy atom. The Bertz CT molecular complexity index is 966. The molecule has 2 aliphatic rings. The fourth-order valence-electron chi connectivity index (χ4n) is 4.26. The predicted octanol–water partition coefficient (Wildman–Crippen LogP) is 4.74. The summed E-state index contributed by atoms with van der Waals surface area (Å²) in [7, 11) is 0. The normalized spacial score (nSPS) is 21.9. The zero-order valence-corrected chi connectivity index (χ0v) is 16.5. The van der Waals surface area contributed by atoms with Crippen molar-refractivity contribution in [3.05, 3.63) is 76.0 Å². The highest BCUT2D eigenvalue weighted by Gasteiger charge is 2.38. The van der Waals surface area contributed by atoms with Crippen LogP contribution in [0.4, 0.5) is 0 Å². The van der Waals surface area contributed by atoms with Crippen molar-refractivity contribution in [2.45, 2.75) is 38.0 Å². The first-order valence-electron chi connectivity index (χ1n) is 9.60. The second-order valence-corrected chi connectivity index (χ2v) is 7.66. The molecule has 1 heterocycles. The fraction of sp³-hybridized carbons (Fsp3) is 0.304. The lowest BCUT2D eigenvalue weighted by Crippen LogP contribution is -2.38. The van der Waals surface area contributed by atoms with Crippen LogP contribution in [0.1, 0.15) is 49.1 Å². The molecule has 0 aromatic heterocycles. The smallest absolute Gasteiger partial charge is 0.225 e. The maximum absolute atomic E-state index is 13.1. The Hall–Kier alpha value is -2.59. The molecule has 1 aliphatic carbocycles. The highest BCUT2D eigenvalue weighted by Crippen LogP contribution is 2.44. The van der Waals surface area contributed by atoms with Crippen molar-refractivity contribution in [3.8, 4) is 5.75 Å². The van der Waals surface area contributed by atoms with Crippen molar-refractivity contribution < 1.29 is 14.3 Å². The summed E-state index contributed by atoms with van der Waals surface area (Å²) < 4.78 is 5.60. The molecule has 5 heteroatoms. The van der Waals surface area contributed by atoms with E-state index in [0.29, 0.717) is 24.5 Å². The molecular weight excluding hydrogens is 374 g/mol. The van der Waals surface area contributed by atoms with Crippen LogP contribution in [0.25, 0.3) is 0 Å². The molecule has 4 rings (SSSR count). The molecule has 1 amide bonds.